The van der Waals surface area contributed by atoms with E-state index in [0.29, 0.717) is 5.70 Å². The molecule has 1 saturated heterocycles. The van der Waals surface area contributed by atoms with E-state index in [1.165, 1.54) is 13.0 Å². The number of hydrogen-bond donors (Lipinski definition) is 0. The van der Waals surface area contributed by atoms with Gasteiger partial charge in [0, 0.05) is 18.8 Å². The van der Waals surface area contributed by atoms with Crippen LogP contribution in [0.2, 0.25) is 0 Å². The smallest absolute Gasteiger partial charge is 0.248 e. The van der Waals surface area contributed by atoms with Crippen molar-refractivity contribution in [2.24, 2.45) is 0 Å². The van der Waals surface area contributed by atoms with E-state index in [0.717, 1.165) is 25.9 Å². The lowest BCUT2D eigenvalue weighted by Crippen LogP contribution is -2.18. The number of hydrogen-bond acceptors (Lipinski definition) is 3. The van der Waals surface area contributed by atoms with Crippen LogP contribution in [0.1, 0.15) is 26.7 Å². The Labute approximate surface area is 112 Å². The summed E-state index contributed by atoms with van der Waals surface area (Å²) in [5.41, 5.74) is 0.217. The minimum absolute atomic E-state index is 0.0386. The van der Waals surface area contributed by atoms with Gasteiger partial charge in [-0.05, 0) is 32.3 Å². The number of rotatable bonds is 3. The molecule has 0 radical (unpaired) electrons. The van der Waals surface area contributed by atoms with Crippen molar-refractivity contribution in [2.75, 3.05) is 13.1 Å². The van der Waals surface area contributed by atoms with Crippen LogP contribution < -0.4 is 0 Å². The first-order valence-corrected chi connectivity index (χ1v) is 7.05. The van der Waals surface area contributed by atoms with Gasteiger partial charge in [0.15, 0.2) is 4.91 Å². The zero-order chi connectivity index (χ0) is 14.6. The molecular weight excluding hydrogens is 275 g/mol. The molecule has 0 aromatic heterocycles. The van der Waals surface area contributed by atoms with Crippen molar-refractivity contribution in [3.63, 3.8) is 0 Å². The zero-order valence-electron chi connectivity index (χ0n) is 10.7. The summed E-state index contributed by atoms with van der Waals surface area (Å²) in [6, 6.07) is 3.00. The van der Waals surface area contributed by atoms with Crippen LogP contribution in [-0.2, 0) is 0 Å². The zero-order valence-corrected chi connectivity index (χ0v) is 11.5. The maximum absolute atomic E-state index is 12.8. The lowest BCUT2D eigenvalue weighted by atomic mass is 10.1. The molecule has 0 aromatic carbocycles. The Hall–Kier alpha value is -1.60. The van der Waals surface area contributed by atoms with Gasteiger partial charge in [0.1, 0.15) is 12.1 Å². The summed E-state index contributed by atoms with van der Waals surface area (Å²) < 4.78 is 38.3. The number of allylic oxidation sites excluding steroid dienone is 4. The fraction of sp³-hybridized carbons (Fsp3) is 0.500. The van der Waals surface area contributed by atoms with Crippen molar-refractivity contribution in [1.82, 2.24) is 4.90 Å². The van der Waals surface area contributed by atoms with E-state index in [-0.39, 0.29) is 11.1 Å². The second-order valence-electron chi connectivity index (χ2n) is 4.24. The molecule has 1 rings (SSSR count). The quantitative estimate of drug-likeness (QED) is 0.579. The van der Waals surface area contributed by atoms with Crippen LogP contribution in [0, 0.1) is 22.7 Å². The minimum Gasteiger partial charge on any atom is -0.374 e. The van der Waals surface area contributed by atoms with E-state index >= 15 is 0 Å². The Morgan fingerprint density at radius 2 is 1.58 bits per heavy atom. The monoisotopic (exact) mass is 289 g/mol. The molecule has 7 heteroatoms. The van der Waals surface area contributed by atoms with Gasteiger partial charge in [-0.2, -0.15) is 10.5 Å². The van der Waals surface area contributed by atoms with Crippen molar-refractivity contribution in [3.05, 3.63) is 21.7 Å². The van der Waals surface area contributed by atoms with Crippen molar-refractivity contribution in [2.45, 2.75) is 26.7 Å². The summed E-state index contributed by atoms with van der Waals surface area (Å²) >= 11 is -5.61. The first kappa shape index (κ1) is 15.5. The van der Waals surface area contributed by atoms with Crippen molar-refractivity contribution >= 4 is 11.2 Å². The third kappa shape index (κ3) is 3.45. The van der Waals surface area contributed by atoms with Crippen LogP contribution >= 0.6 is 11.2 Å². The van der Waals surface area contributed by atoms with Gasteiger partial charge < -0.3 is 4.90 Å². The van der Waals surface area contributed by atoms with Gasteiger partial charge in [-0.3, -0.25) is 0 Å². The molecule has 1 aliphatic rings. The summed E-state index contributed by atoms with van der Waals surface area (Å²) in [6.07, 6.45) is 1.93. The highest BCUT2D eigenvalue weighted by Gasteiger charge is 2.32. The molecule has 0 unspecified atom stereocenters. The highest BCUT2D eigenvalue weighted by Crippen LogP contribution is 2.61. The number of halogens is 3. The van der Waals surface area contributed by atoms with E-state index in [1.54, 1.807) is 6.92 Å². The Balaban J connectivity index is 3.31. The van der Waals surface area contributed by atoms with Gasteiger partial charge in [0.25, 0.3) is 0 Å². The Morgan fingerprint density at radius 1 is 1.05 bits per heavy atom. The van der Waals surface area contributed by atoms with E-state index in [1.807, 2.05) is 11.0 Å². The second kappa shape index (κ2) is 6.03. The van der Waals surface area contributed by atoms with Crippen LogP contribution in [0.15, 0.2) is 21.7 Å². The highest BCUT2D eigenvalue weighted by molar-refractivity contribution is 8.24. The Kier molecular flexibility index (Phi) is 4.90. The molecule has 1 aliphatic heterocycles. The van der Waals surface area contributed by atoms with E-state index < -0.39 is 16.1 Å². The maximum Gasteiger partial charge on any atom is 0.248 e. The predicted octanol–water partition coefficient (Wildman–Crippen LogP) is 4.14. The first-order chi connectivity index (χ1) is 8.82. The van der Waals surface area contributed by atoms with Crippen molar-refractivity contribution in [1.29, 1.82) is 10.5 Å². The lowest BCUT2D eigenvalue weighted by molar-refractivity contribution is 0.425. The average Bonchev–Trinajstić information content (AvgIpc) is 2.82. The number of nitriles is 2. The third-order valence-electron chi connectivity index (χ3n) is 3.10. The molecule has 1 fully saturated rings. The van der Waals surface area contributed by atoms with Crippen LogP contribution in [0.25, 0.3) is 0 Å². The van der Waals surface area contributed by atoms with Crippen LogP contribution in [0.5, 0.6) is 0 Å². The molecule has 19 heavy (non-hydrogen) atoms. The van der Waals surface area contributed by atoms with Gasteiger partial charge in [0.05, 0.1) is 5.57 Å². The Morgan fingerprint density at radius 3 is 1.95 bits per heavy atom. The van der Waals surface area contributed by atoms with Crippen molar-refractivity contribution < 1.29 is 11.7 Å². The summed E-state index contributed by atoms with van der Waals surface area (Å²) in [5.74, 6) is 0. The molecule has 3 nitrogen and oxygen atoms in total. The van der Waals surface area contributed by atoms with Crippen LogP contribution in [0.3, 0.4) is 0 Å². The minimum atomic E-state index is -5.61. The normalized spacial score (nSPS) is 19.2. The maximum atomic E-state index is 12.8. The molecular formula is C12H14F3N3S. The molecule has 0 aromatic rings. The Bertz CT molecular complexity index is 500. The summed E-state index contributed by atoms with van der Waals surface area (Å²) in [5, 5.41) is 17.8. The summed E-state index contributed by atoms with van der Waals surface area (Å²) in [6.45, 7) is 4.31. The second-order valence-corrected chi connectivity index (χ2v) is 5.46. The van der Waals surface area contributed by atoms with Crippen LogP contribution in [0.4, 0.5) is 11.7 Å². The fourth-order valence-electron chi connectivity index (χ4n) is 2.07. The summed E-state index contributed by atoms with van der Waals surface area (Å²) in [7, 11) is 0. The molecule has 104 valence electrons. The van der Waals surface area contributed by atoms with E-state index in [2.05, 4.69) is 0 Å². The molecule has 0 saturated carbocycles. The van der Waals surface area contributed by atoms with Gasteiger partial charge in [-0.25, -0.2) is 0 Å². The highest BCUT2D eigenvalue weighted by atomic mass is 32.3. The predicted molar refractivity (Wildman–Crippen MR) is 68.3 cm³/mol. The van der Waals surface area contributed by atoms with E-state index in [9.17, 15) is 11.7 Å². The SMILES string of the molecule is CC(/C(C#N)=C(\C)N1CCCC1)=C(\C#N)S(F)(F)F. The van der Waals surface area contributed by atoms with E-state index in [4.69, 9.17) is 10.5 Å². The van der Waals surface area contributed by atoms with Gasteiger partial charge in [0.2, 0.25) is 11.2 Å². The van der Waals surface area contributed by atoms with Gasteiger partial charge in [-0.1, -0.05) is 0 Å². The summed E-state index contributed by atoms with van der Waals surface area (Å²) in [4.78, 5) is 0.672. The number of nitrogens with zero attached hydrogens (tertiary/aromatic N) is 3. The van der Waals surface area contributed by atoms with Crippen molar-refractivity contribution in [3.8, 4) is 12.1 Å². The van der Waals surface area contributed by atoms with Gasteiger partial charge in [-0.15, -0.1) is 11.7 Å². The largest absolute Gasteiger partial charge is 0.374 e. The first-order valence-electron chi connectivity index (χ1n) is 5.72. The molecule has 0 N–H and O–H groups in total. The third-order valence-corrected chi connectivity index (χ3v) is 3.96. The van der Waals surface area contributed by atoms with Crippen LogP contribution in [-0.4, -0.2) is 18.0 Å². The topological polar surface area (TPSA) is 50.8 Å². The molecule has 0 bridgehead atoms. The fourth-order valence-corrected chi connectivity index (χ4v) is 2.62. The molecule has 0 spiro atoms. The number of likely N-dealkylation sites (tertiary alicyclic amines) is 1. The molecule has 1 heterocycles. The molecule has 0 atom stereocenters. The standard InChI is InChI=1S/C12H14F3N3S/c1-9(12(8-17)19(13,14)15)11(7-16)10(2)18-5-3-4-6-18/h3-6H2,1-2H3/b11-10+,12-9-. The lowest BCUT2D eigenvalue weighted by Gasteiger charge is -2.21. The average molecular weight is 289 g/mol. The molecule has 0 amide bonds. The van der Waals surface area contributed by atoms with Gasteiger partial charge >= 0.3 is 0 Å². The molecule has 0 aliphatic carbocycles.